The van der Waals surface area contributed by atoms with Gasteiger partial charge in [0, 0.05) is 11.1 Å². The van der Waals surface area contributed by atoms with Crippen molar-refractivity contribution in [2.75, 3.05) is 7.11 Å². The third-order valence-electron chi connectivity index (χ3n) is 2.45. The molecule has 4 heteroatoms. The minimum atomic E-state index is 0.0306. The maximum Gasteiger partial charge on any atom is 0.138 e. The van der Waals surface area contributed by atoms with E-state index >= 15 is 0 Å². The molecular weight excluding hydrogens is 259 g/mol. The number of halogens is 2. The van der Waals surface area contributed by atoms with E-state index < -0.39 is 0 Å². The van der Waals surface area contributed by atoms with Crippen molar-refractivity contribution in [2.45, 2.75) is 0 Å². The largest absolute Gasteiger partial charge is 0.506 e. The van der Waals surface area contributed by atoms with Gasteiger partial charge in [0.1, 0.15) is 11.5 Å². The van der Waals surface area contributed by atoms with Gasteiger partial charge in [-0.3, -0.25) is 0 Å². The highest BCUT2D eigenvalue weighted by molar-refractivity contribution is 6.38. The molecule has 0 atom stereocenters. The monoisotopic (exact) mass is 268 g/mol. The van der Waals surface area contributed by atoms with Gasteiger partial charge >= 0.3 is 0 Å². The summed E-state index contributed by atoms with van der Waals surface area (Å²) in [5.41, 5.74) is 1.41. The van der Waals surface area contributed by atoms with Gasteiger partial charge in [0.05, 0.1) is 17.2 Å². The van der Waals surface area contributed by atoms with Gasteiger partial charge in [-0.1, -0.05) is 47.5 Å². The fraction of sp³-hybridized carbons (Fsp3) is 0.0769. The van der Waals surface area contributed by atoms with Crippen LogP contribution in [0.15, 0.2) is 36.4 Å². The first kappa shape index (κ1) is 12.1. The van der Waals surface area contributed by atoms with Crippen LogP contribution in [0, 0.1) is 0 Å². The van der Waals surface area contributed by atoms with Crippen molar-refractivity contribution in [1.29, 1.82) is 0 Å². The average Bonchev–Trinajstić information content (AvgIpc) is 2.33. The molecule has 17 heavy (non-hydrogen) atoms. The van der Waals surface area contributed by atoms with Crippen LogP contribution in [-0.2, 0) is 0 Å². The summed E-state index contributed by atoms with van der Waals surface area (Å²) < 4.78 is 5.14. The summed E-state index contributed by atoms with van der Waals surface area (Å²) in [6.07, 6.45) is 0. The number of rotatable bonds is 2. The Kier molecular flexibility index (Phi) is 3.46. The first-order chi connectivity index (χ1) is 8.15. The number of hydrogen-bond acceptors (Lipinski definition) is 2. The average molecular weight is 269 g/mol. The molecule has 0 saturated carbocycles. The fourth-order valence-corrected chi connectivity index (χ4v) is 2.14. The van der Waals surface area contributed by atoms with E-state index in [-0.39, 0.29) is 10.8 Å². The van der Waals surface area contributed by atoms with Crippen LogP contribution in [-0.4, -0.2) is 12.2 Å². The van der Waals surface area contributed by atoms with Gasteiger partial charge in [0.2, 0.25) is 0 Å². The summed E-state index contributed by atoms with van der Waals surface area (Å²) in [4.78, 5) is 0. The Hall–Kier alpha value is -1.38. The first-order valence-electron chi connectivity index (χ1n) is 4.95. The molecular formula is C13H10Cl2O2. The molecule has 2 aromatic carbocycles. The number of phenols is 1. The van der Waals surface area contributed by atoms with Gasteiger partial charge in [-0.2, -0.15) is 0 Å². The smallest absolute Gasteiger partial charge is 0.138 e. The van der Waals surface area contributed by atoms with Crippen molar-refractivity contribution in [3.63, 3.8) is 0 Å². The van der Waals surface area contributed by atoms with Crippen molar-refractivity contribution < 1.29 is 9.84 Å². The third kappa shape index (κ3) is 2.19. The van der Waals surface area contributed by atoms with Gasteiger partial charge in [0.25, 0.3) is 0 Å². The van der Waals surface area contributed by atoms with E-state index in [1.165, 1.54) is 6.07 Å². The lowest BCUT2D eigenvalue weighted by Crippen LogP contribution is -1.87. The molecule has 0 aromatic heterocycles. The van der Waals surface area contributed by atoms with Gasteiger partial charge < -0.3 is 9.84 Å². The van der Waals surface area contributed by atoms with E-state index in [2.05, 4.69) is 0 Å². The second-order valence-corrected chi connectivity index (χ2v) is 4.22. The molecule has 0 unspecified atom stereocenters. The SMILES string of the molecule is COc1cccc(-c2cccc(O)c2Cl)c1Cl. The van der Waals surface area contributed by atoms with E-state index in [9.17, 15) is 5.11 Å². The summed E-state index contributed by atoms with van der Waals surface area (Å²) in [5.74, 6) is 0.603. The van der Waals surface area contributed by atoms with Crippen LogP contribution in [0.3, 0.4) is 0 Å². The number of hydrogen-bond donors (Lipinski definition) is 1. The van der Waals surface area contributed by atoms with Crippen LogP contribution in [0.25, 0.3) is 11.1 Å². The zero-order valence-corrected chi connectivity index (χ0v) is 10.6. The normalized spacial score (nSPS) is 10.3. The molecule has 0 saturated heterocycles. The van der Waals surface area contributed by atoms with Crippen molar-refractivity contribution in [2.24, 2.45) is 0 Å². The number of benzene rings is 2. The molecule has 0 bridgehead atoms. The molecule has 0 amide bonds. The second kappa shape index (κ2) is 4.86. The molecule has 0 fully saturated rings. The van der Waals surface area contributed by atoms with Crippen LogP contribution in [0.5, 0.6) is 11.5 Å². The summed E-state index contributed by atoms with van der Waals surface area (Å²) >= 11 is 12.2. The van der Waals surface area contributed by atoms with Gasteiger partial charge in [-0.05, 0) is 12.1 Å². The highest BCUT2D eigenvalue weighted by atomic mass is 35.5. The van der Waals surface area contributed by atoms with Crippen molar-refractivity contribution in [3.8, 4) is 22.6 Å². The Labute approximate surface area is 109 Å². The van der Waals surface area contributed by atoms with Crippen LogP contribution < -0.4 is 4.74 Å². The fourth-order valence-electron chi connectivity index (χ4n) is 1.60. The van der Waals surface area contributed by atoms with E-state index in [0.717, 1.165) is 5.56 Å². The van der Waals surface area contributed by atoms with E-state index in [4.69, 9.17) is 27.9 Å². The van der Waals surface area contributed by atoms with Crippen LogP contribution in [0.2, 0.25) is 10.0 Å². The molecule has 2 aromatic rings. The van der Waals surface area contributed by atoms with E-state index in [0.29, 0.717) is 16.3 Å². The topological polar surface area (TPSA) is 29.5 Å². The quantitative estimate of drug-likeness (QED) is 0.876. The number of methoxy groups -OCH3 is 1. The van der Waals surface area contributed by atoms with Crippen LogP contribution >= 0.6 is 23.2 Å². The van der Waals surface area contributed by atoms with Crippen molar-refractivity contribution in [3.05, 3.63) is 46.4 Å². The molecule has 0 aliphatic carbocycles. The summed E-state index contributed by atoms with van der Waals surface area (Å²) in [5, 5.41) is 10.3. The molecule has 0 spiro atoms. The van der Waals surface area contributed by atoms with Gasteiger partial charge in [-0.15, -0.1) is 0 Å². The minimum Gasteiger partial charge on any atom is -0.506 e. The lowest BCUT2D eigenvalue weighted by molar-refractivity contribution is 0.415. The number of ether oxygens (including phenoxy) is 1. The van der Waals surface area contributed by atoms with E-state index in [1.54, 1.807) is 25.3 Å². The molecule has 1 N–H and O–H groups in total. The Morgan fingerprint density at radius 2 is 1.53 bits per heavy atom. The Bertz CT molecular complexity index is 553. The third-order valence-corrected chi connectivity index (χ3v) is 3.24. The molecule has 0 heterocycles. The molecule has 0 aliphatic rings. The number of aromatic hydroxyl groups is 1. The predicted octanol–water partition coefficient (Wildman–Crippen LogP) is 4.37. The minimum absolute atomic E-state index is 0.0306. The highest BCUT2D eigenvalue weighted by Crippen LogP contribution is 2.40. The molecule has 88 valence electrons. The molecule has 2 nitrogen and oxygen atoms in total. The summed E-state index contributed by atoms with van der Waals surface area (Å²) in [6, 6.07) is 10.4. The maximum atomic E-state index is 9.57. The maximum absolute atomic E-state index is 9.57. The highest BCUT2D eigenvalue weighted by Gasteiger charge is 2.13. The zero-order valence-electron chi connectivity index (χ0n) is 9.08. The zero-order chi connectivity index (χ0) is 12.4. The molecule has 2 rings (SSSR count). The van der Waals surface area contributed by atoms with Crippen molar-refractivity contribution in [1.82, 2.24) is 0 Å². The Balaban J connectivity index is 2.65. The Morgan fingerprint density at radius 3 is 2.18 bits per heavy atom. The second-order valence-electron chi connectivity index (χ2n) is 3.46. The Morgan fingerprint density at radius 1 is 0.941 bits per heavy atom. The lowest BCUT2D eigenvalue weighted by atomic mass is 10.0. The van der Waals surface area contributed by atoms with Gasteiger partial charge in [-0.25, -0.2) is 0 Å². The first-order valence-corrected chi connectivity index (χ1v) is 5.71. The molecule has 0 aliphatic heterocycles. The molecule has 0 radical (unpaired) electrons. The van der Waals surface area contributed by atoms with Crippen LogP contribution in [0.1, 0.15) is 0 Å². The van der Waals surface area contributed by atoms with Gasteiger partial charge in [0.15, 0.2) is 0 Å². The van der Waals surface area contributed by atoms with Crippen LogP contribution in [0.4, 0.5) is 0 Å². The summed E-state index contributed by atoms with van der Waals surface area (Å²) in [6.45, 7) is 0. The lowest BCUT2D eigenvalue weighted by Gasteiger charge is -2.10. The predicted molar refractivity (Wildman–Crippen MR) is 70.1 cm³/mol. The van der Waals surface area contributed by atoms with Crippen molar-refractivity contribution >= 4 is 23.2 Å². The summed E-state index contributed by atoms with van der Waals surface area (Å²) in [7, 11) is 1.55. The number of phenolic OH excluding ortho intramolecular Hbond substituents is 1. The standard InChI is InChI=1S/C13H10Cl2O2/c1-17-11-7-3-5-9(13(11)15)8-4-2-6-10(16)12(8)14/h2-7,16H,1H3. The van der Waals surface area contributed by atoms with E-state index in [1.807, 2.05) is 12.1 Å².